The average Bonchev–Trinajstić information content (AvgIpc) is 2.97. The van der Waals surface area contributed by atoms with Gasteiger partial charge in [0.05, 0.1) is 0 Å². The fraction of sp³-hybridized carbons (Fsp3) is 0.867. The summed E-state index contributed by atoms with van der Waals surface area (Å²) < 4.78 is 0. The van der Waals surface area contributed by atoms with Crippen LogP contribution in [0.5, 0.6) is 0 Å². The van der Waals surface area contributed by atoms with E-state index in [9.17, 15) is 0 Å². The fourth-order valence-electron chi connectivity index (χ4n) is 5.05. The molecular formula is C30H58P2. The van der Waals surface area contributed by atoms with Crippen LogP contribution < -0.4 is 0 Å². The zero-order valence-corrected chi connectivity index (χ0v) is 24.8. The van der Waals surface area contributed by atoms with E-state index >= 15 is 0 Å². The molecule has 0 nitrogen and oxygen atoms in total. The summed E-state index contributed by atoms with van der Waals surface area (Å²) in [5.41, 5.74) is 3.23. The summed E-state index contributed by atoms with van der Waals surface area (Å²) in [5.74, 6) is 0. The third kappa shape index (κ3) is 12.6. The minimum atomic E-state index is 0.0359. The van der Waals surface area contributed by atoms with E-state index in [0.29, 0.717) is 0 Å². The number of hydrogen-bond acceptors (Lipinski definition) is 0. The van der Waals surface area contributed by atoms with Crippen LogP contribution in [0.3, 0.4) is 0 Å². The van der Waals surface area contributed by atoms with E-state index in [1.54, 1.807) is 40.2 Å². The average molecular weight is 481 g/mol. The molecule has 0 spiro atoms. The summed E-state index contributed by atoms with van der Waals surface area (Å²) in [6.45, 7) is 14.2. The lowest BCUT2D eigenvalue weighted by Crippen LogP contribution is -1.97. The molecule has 0 atom stereocenters. The lowest BCUT2D eigenvalue weighted by Gasteiger charge is -2.19. The summed E-state index contributed by atoms with van der Waals surface area (Å²) >= 11 is 0. The van der Waals surface area contributed by atoms with Crippen molar-refractivity contribution in [3.05, 3.63) is 21.7 Å². The molecule has 0 bridgehead atoms. The SMILES string of the molecule is CCCCCCCCCCP(CCCCCCCCCC)CCp1c(C)c(C)c(C)c1C. The molecule has 0 radical (unpaired) electrons. The van der Waals surface area contributed by atoms with E-state index in [1.165, 1.54) is 109 Å². The highest BCUT2D eigenvalue weighted by Crippen LogP contribution is 2.49. The first-order valence-corrected chi connectivity index (χ1v) is 17.8. The molecule has 0 fully saturated rings. The van der Waals surface area contributed by atoms with E-state index in [2.05, 4.69) is 41.5 Å². The molecule has 0 aliphatic carbocycles. The molecule has 0 saturated carbocycles. The third-order valence-electron chi connectivity index (χ3n) is 7.75. The Morgan fingerprint density at radius 2 is 0.812 bits per heavy atom. The van der Waals surface area contributed by atoms with Crippen molar-refractivity contribution in [2.75, 3.05) is 18.5 Å². The van der Waals surface area contributed by atoms with Crippen molar-refractivity contribution in [3.63, 3.8) is 0 Å². The van der Waals surface area contributed by atoms with Crippen molar-refractivity contribution in [1.29, 1.82) is 0 Å². The Kier molecular flexibility index (Phi) is 18.4. The van der Waals surface area contributed by atoms with Crippen LogP contribution in [0, 0.1) is 27.7 Å². The number of hydrogen-bond donors (Lipinski definition) is 0. The van der Waals surface area contributed by atoms with E-state index in [1.807, 2.05) is 0 Å². The maximum Gasteiger partial charge on any atom is -0.00965 e. The monoisotopic (exact) mass is 480 g/mol. The van der Waals surface area contributed by atoms with Gasteiger partial charge in [-0.15, -0.1) is 15.5 Å². The van der Waals surface area contributed by atoms with Crippen molar-refractivity contribution in [1.82, 2.24) is 0 Å². The van der Waals surface area contributed by atoms with E-state index in [0.717, 1.165) is 0 Å². The second kappa shape index (κ2) is 19.5. The summed E-state index contributed by atoms with van der Waals surface area (Å²) in [6, 6.07) is 0. The van der Waals surface area contributed by atoms with Crippen LogP contribution in [0.1, 0.15) is 138 Å². The summed E-state index contributed by atoms with van der Waals surface area (Å²) in [5, 5.41) is 3.48. The molecule has 32 heavy (non-hydrogen) atoms. The van der Waals surface area contributed by atoms with Crippen molar-refractivity contribution in [2.45, 2.75) is 150 Å². The third-order valence-corrected chi connectivity index (χ3v) is 13.8. The first kappa shape index (κ1) is 30.2. The zero-order chi connectivity index (χ0) is 23.6. The molecular weight excluding hydrogens is 422 g/mol. The van der Waals surface area contributed by atoms with Gasteiger partial charge in [0.1, 0.15) is 0 Å². The molecule has 0 aliphatic rings. The molecule has 0 unspecified atom stereocenters. The molecule has 188 valence electrons. The highest BCUT2D eigenvalue weighted by Gasteiger charge is 2.14. The van der Waals surface area contributed by atoms with Gasteiger partial charge in [0, 0.05) is 0 Å². The van der Waals surface area contributed by atoms with Gasteiger partial charge in [-0.25, -0.2) is 0 Å². The highest BCUT2D eigenvalue weighted by atomic mass is 31.1. The Balaban J connectivity index is 2.38. The van der Waals surface area contributed by atoms with Gasteiger partial charge >= 0.3 is 0 Å². The molecule has 1 rings (SSSR count). The van der Waals surface area contributed by atoms with Gasteiger partial charge in [0.2, 0.25) is 0 Å². The van der Waals surface area contributed by atoms with Crippen LogP contribution >= 0.6 is 15.5 Å². The number of unbranched alkanes of at least 4 members (excludes halogenated alkanes) is 14. The smallest absolute Gasteiger partial charge is 0.00965 e. The van der Waals surface area contributed by atoms with Gasteiger partial charge in [0.25, 0.3) is 0 Å². The Morgan fingerprint density at radius 3 is 1.19 bits per heavy atom. The van der Waals surface area contributed by atoms with Crippen LogP contribution in [-0.4, -0.2) is 18.5 Å². The second-order valence-electron chi connectivity index (χ2n) is 10.4. The van der Waals surface area contributed by atoms with Crippen molar-refractivity contribution >= 4 is 15.5 Å². The second-order valence-corrected chi connectivity index (χ2v) is 15.7. The molecule has 0 aromatic carbocycles. The molecule has 1 aromatic heterocycles. The Morgan fingerprint density at radius 1 is 0.469 bits per heavy atom. The van der Waals surface area contributed by atoms with Gasteiger partial charge < -0.3 is 0 Å². The first-order valence-electron chi connectivity index (χ1n) is 14.4. The molecule has 0 amide bonds. The predicted octanol–water partition coefficient (Wildman–Crippen LogP) is 11.7. The largest absolute Gasteiger partial charge is 0.118 e. The Hall–Kier alpha value is 0.210. The van der Waals surface area contributed by atoms with Gasteiger partial charge in [-0.2, -0.15) is 0 Å². The molecule has 1 heterocycles. The molecule has 2 heteroatoms. The van der Waals surface area contributed by atoms with Gasteiger partial charge in [-0.1, -0.05) is 104 Å². The van der Waals surface area contributed by atoms with E-state index in [-0.39, 0.29) is 15.5 Å². The molecule has 0 saturated heterocycles. The maximum atomic E-state index is 2.43. The fourth-order valence-corrected chi connectivity index (χ4v) is 11.3. The normalized spacial score (nSPS) is 11.7. The predicted molar refractivity (Wildman–Crippen MR) is 155 cm³/mol. The summed E-state index contributed by atoms with van der Waals surface area (Å²) in [7, 11) is 0.303. The number of rotatable bonds is 21. The molecule has 0 N–H and O–H groups in total. The van der Waals surface area contributed by atoms with Gasteiger partial charge in [-0.05, 0) is 86.9 Å². The Bertz CT molecular complexity index is 526. The lowest BCUT2D eigenvalue weighted by atomic mass is 10.1. The minimum absolute atomic E-state index is 0.0359. The standard InChI is InChI=1S/C30H58P2/c1-7-9-11-13-15-17-19-21-23-31(24-22-20-18-16-14-12-10-8-2)25-26-32-29(5)27(3)28(4)30(32)6/h7-26H2,1-6H3. The van der Waals surface area contributed by atoms with Crippen LogP contribution in [0.2, 0.25) is 0 Å². The van der Waals surface area contributed by atoms with Gasteiger partial charge in [0.15, 0.2) is 0 Å². The van der Waals surface area contributed by atoms with Crippen molar-refractivity contribution in [2.24, 2.45) is 0 Å². The van der Waals surface area contributed by atoms with Crippen LogP contribution in [-0.2, 0) is 6.16 Å². The van der Waals surface area contributed by atoms with Crippen LogP contribution in [0.4, 0.5) is 0 Å². The lowest BCUT2D eigenvalue weighted by molar-refractivity contribution is 0.583. The van der Waals surface area contributed by atoms with E-state index < -0.39 is 0 Å². The maximum absolute atomic E-state index is 2.43. The minimum Gasteiger partial charge on any atom is -0.118 e. The van der Waals surface area contributed by atoms with Gasteiger partial charge in [-0.3, -0.25) is 0 Å². The Labute approximate surface area is 205 Å². The molecule has 0 aliphatic heterocycles. The van der Waals surface area contributed by atoms with E-state index in [4.69, 9.17) is 0 Å². The first-order chi connectivity index (χ1) is 15.5. The van der Waals surface area contributed by atoms with Crippen molar-refractivity contribution in [3.8, 4) is 0 Å². The zero-order valence-electron chi connectivity index (χ0n) is 23.0. The van der Waals surface area contributed by atoms with Crippen molar-refractivity contribution < 1.29 is 0 Å². The molecule has 1 aromatic rings. The highest BCUT2D eigenvalue weighted by molar-refractivity contribution is 7.59. The summed E-state index contributed by atoms with van der Waals surface area (Å²) in [6.07, 6.45) is 29.6. The van der Waals surface area contributed by atoms with Crippen LogP contribution in [0.15, 0.2) is 0 Å². The van der Waals surface area contributed by atoms with Crippen LogP contribution in [0.25, 0.3) is 0 Å². The quantitative estimate of drug-likeness (QED) is 0.121. The summed E-state index contributed by atoms with van der Waals surface area (Å²) in [4.78, 5) is 0. The topological polar surface area (TPSA) is 0 Å².